The predicted molar refractivity (Wildman–Crippen MR) is 66.2 cm³/mol. The first-order chi connectivity index (χ1) is 7.56. The lowest BCUT2D eigenvalue weighted by molar-refractivity contribution is 0.103. The number of thiazole rings is 1. The molecule has 0 atom stereocenters. The molecule has 0 amide bonds. The van der Waals surface area contributed by atoms with Gasteiger partial charge in [0.25, 0.3) is 0 Å². The number of hydrogen-bond acceptors (Lipinski definition) is 3. The lowest BCUT2D eigenvalue weighted by atomic mass is 10.0. The number of hydrogen-bond donors (Lipinski definition) is 0. The molecule has 1 aromatic heterocycles. The fraction of sp³-hybridized carbons (Fsp3) is 0.231. The van der Waals surface area contributed by atoms with Crippen LogP contribution in [0.5, 0.6) is 0 Å². The molecule has 0 N–H and O–H groups in total. The van der Waals surface area contributed by atoms with Gasteiger partial charge in [-0.3, -0.25) is 4.79 Å². The van der Waals surface area contributed by atoms with Crippen molar-refractivity contribution in [2.24, 2.45) is 0 Å². The molecule has 82 valence electrons. The maximum atomic E-state index is 12.1. The van der Waals surface area contributed by atoms with Gasteiger partial charge in [-0.05, 0) is 32.9 Å². The summed E-state index contributed by atoms with van der Waals surface area (Å²) in [7, 11) is 0. The molecule has 0 saturated heterocycles. The van der Waals surface area contributed by atoms with Crippen molar-refractivity contribution >= 4 is 17.1 Å². The van der Waals surface area contributed by atoms with E-state index in [-0.39, 0.29) is 5.78 Å². The van der Waals surface area contributed by atoms with Crippen LogP contribution in [0.3, 0.4) is 0 Å². The predicted octanol–water partition coefficient (Wildman–Crippen LogP) is 3.30. The van der Waals surface area contributed by atoms with E-state index in [9.17, 15) is 4.79 Å². The Morgan fingerprint density at radius 1 is 1.12 bits per heavy atom. The number of ketones is 1. The van der Waals surface area contributed by atoms with Crippen LogP contribution in [0.25, 0.3) is 0 Å². The Labute approximate surface area is 99.0 Å². The van der Waals surface area contributed by atoms with Crippen LogP contribution in [0, 0.1) is 20.8 Å². The summed E-state index contributed by atoms with van der Waals surface area (Å²) in [5, 5.41) is 2.74. The number of benzene rings is 1. The van der Waals surface area contributed by atoms with Crippen LogP contribution < -0.4 is 0 Å². The van der Waals surface area contributed by atoms with E-state index in [1.807, 2.05) is 38.3 Å². The average molecular weight is 231 g/mol. The lowest BCUT2D eigenvalue weighted by Gasteiger charge is -2.02. The molecule has 0 bridgehead atoms. The molecule has 2 rings (SSSR count). The minimum absolute atomic E-state index is 0.0103. The molecular weight excluding hydrogens is 218 g/mol. The highest BCUT2D eigenvalue weighted by molar-refractivity contribution is 7.09. The van der Waals surface area contributed by atoms with Crippen molar-refractivity contribution in [1.82, 2.24) is 4.98 Å². The first kappa shape index (κ1) is 11.0. The minimum atomic E-state index is 0.0103. The summed E-state index contributed by atoms with van der Waals surface area (Å²) >= 11 is 1.50. The molecule has 0 unspecified atom stereocenters. The van der Waals surface area contributed by atoms with E-state index in [1.165, 1.54) is 11.3 Å². The van der Waals surface area contributed by atoms with Crippen LogP contribution in [0.4, 0.5) is 0 Å². The number of aromatic nitrogens is 1. The van der Waals surface area contributed by atoms with Gasteiger partial charge in [0.15, 0.2) is 0 Å². The van der Waals surface area contributed by atoms with Crippen molar-refractivity contribution in [3.8, 4) is 0 Å². The number of nitrogens with zero attached hydrogens (tertiary/aromatic N) is 1. The quantitative estimate of drug-likeness (QED) is 0.742. The fourth-order valence-corrected chi connectivity index (χ4v) is 2.31. The highest BCUT2D eigenvalue weighted by Crippen LogP contribution is 2.15. The van der Waals surface area contributed by atoms with E-state index >= 15 is 0 Å². The molecule has 1 aromatic carbocycles. The largest absolute Gasteiger partial charge is 0.287 e. The van der Waals surface area contributed by atoms with Gasteiger partial charge in [0.2, 0.25) is 5.78 Å². The van der Waals surface area contributed by atoms with E-state index in [0.29, 0.717) is 5.69 Å². The van der Waals surface area contributed by atoms with Gasteiger partial charge in [-0.25, -0.2) is 4.98 Å². The maximum absolute atomic E-state index is 12.1. The van der Waals surface area contributed by atoms with Gasteiger partial charge >= 0.3 is 0 Å². The molecule has 3 heteroatoms. The number of carbonyl (C=O) groups excluding carboxylic acids is 1. The van der Waals surface area contributed by atoms with Crippen LogP contribution in [0.1, 0.15) is 32.2 Å². The number of rotatable bonds is 2. The Hall–Kier alpha value is -1.48. The molecule has 0 radical (unpaired) electrons. The third-order valence-corrected chi connectivity index (χ3v) is 3.11. The highest BCUT2D eigenvalue weighted by atomic mass is 32.1. The van der Waals surface area contributed by atoms with Crippen LogP contribution in [0.2, 0.25) is 0 Å². The van der Waals surface area contributed by atoms with Gasteiger partial charge in [-0.2, -0.15) is 0 Å². The Morgan fingerprint density at radius 2 is 1.75 bits per heavy atom. The second kappa shape index (κ2) is 4.18. The van der Waals surface area contributed by atoms with Crippen LogP contribution in [-0.4, -0.2) is 10.8 Å². The summed E-state index contributed by atoms with van der Waals surface area (Å²) in [6.07, 6.45) is 0. The zero-order valence-corrected chi connectivity index (χ0v) is 10.4. The second-order valence-electron chi connectivity index (χ2n) is 3.96. The summed E-state index contributed by atoms with van der Waals surface area (Å²) in [6, 6.07) is 5.87. The summed E-state index contributed by atoms with van der Waals surface area (Å²) < 4.78 is 0. The molecule has 2 aromatic rings. The minimum Gasteiger partial charge on any atom is -0.287 e. The summed E-state index contributed by atoms with van der Waals surface area (Å²) in [6.45, 7) is 5.90. The van der Waals surface area contributed by atoms with Gasteiger partial charge in [-0.1, -0.05) is 17.2 Å². The maximum Gasteiger partial charge on any atom is 0.212 e. The molecule has 0 fully saturated rings. The summed E-state index contributed by atoms with van der Waals surface area (Å²) in [5.41, 5.74) is 3.49. The second-order valence-corrected chi connectivity index (χ2v) is 5.02. The molecule has 0 aliphatic rings. The standard InChI is InChI=1S/C13H13NOS/c1-8-4-9(2)6-11(5-8)13(15)12-7-16-10(3)14-12/h4-7H,1-3H3. The van der Waals surface area contributed by atoms with E-state index < -0.39 is 0 Å². The third kappa shape index (κ3) is 2.19. The van der Waals surface area contributed by atoms with Gasteiger partial charge in [0, 0.05) is 10.9 Å². The van der Waals surface area contributed by atoms with Crippen molar-refractivity contribution in [3.05, 3.63) is 51.0 Å². The van der Waals surface area contributed by atoms with Gasteiger partial charge in [0.1, 0.15) is 5.69 Å². The van der Waals surface area contributed by atoms with Crippen molar-refractivity contribution in [1.29, 1.82) is 0 Å². The third-order valence-electron chi connectivity index (χ3n) is 2.34. The normalized spacial score (nSPS) is 10.4. The Bertz CT molecular complexity index is 522. The molecule has 0 saturated carbocycles. The van der Waals surface area contributed by atoms with Gasteiger partial charge in [0.05, 0.1) is 5.01 Å². The Kier molecular flexibility index (Phi) is 2.88. The molecule has 16 heavy (non-hydrogen) atoms. The van der Waals surface area contributed by atoms with E-state index in [1.54, 1.807) is 0 Å². The average Bonchev–Trinajstić information content (AvgIpc) is 2.62. The number of carbonyl (C=O) groups is 1. The topological polar surface area (TPSA) is 30.0 Å². The van der Waals surface area contributed by atoms with Crippen molar-refractivity contribution in [3.63, 3.8) is 0 Å². The summed E-state index contributed by atoms with van der Waals surface area (Å²) in [4.78, 5) is 16.3. The summed E-state index contributed by atoms with van der Waals surface area (Å²) in [5.74, 6) is 0.0103. The number of aryl methyl sites for hydroxylation is 3. The van der Waals surface area contributed by atoms with E-state index in [4.69, 9.17) is 0 Å². The van der Waals surface area contributed by atoms with Crippen molar-refractivity contribution in [2.75, 3.05) is 0 Å². The zero-order valence-electron chi connectivity index (χ0n) is 9.57. The van der Waals surface area contributed by atoms with Crippen molar-refractivity contribution < 1.29 is 4.79 Å². The highest BCUT2D eigenvalue weighted by Gasteiger charge is 2.12. The smallest absolute Gasteiger partial charge is 0.212 e. The van der Waals surface area contributed by atoms with Crippen LogP contribution >= 0.6 is 11.3 Å². The molecule has 0 aliphatic carbocycles. The van der Waals surface area contributed by atoms with Crippen molar-refractivity contribution in [2.45, 2.75) is 20.8 Å². The van der Waals surface area contributed by atoms with E-state index in [0.717, 1.165) is 21.7 Å². The molecule has 1 heterocycles. The Balaban J connectivity index is 2.41. The molecule has 2 nitrogen and oxygen atoms in total. The first-order valence-corrected chi connectivity index (χ1v) is 5.99. The first-order valence-electron chi connectivity index (χ1n) is 5.11. The van der Waals surface area contributed by atoms with Crippen LogP contribution in [0.15, 0.2) is 23.6 Å². The fourth-order valence-electron chi connectivity index (χ4n) is 1.72. The lowest BCUT2D eigenvalue weighted by Crippen LogP contribution is -2.02. The van der Waals surface area contributed by atoms with E-state index in [2.05, 4.69) is 11.1 Å². The van der Waals surface area contributed by atoms with Gasteiger partial charge < -0.3 is 0 Å². The zero-order chi connectivity index (χ0) is 11.7. The Morgan fingerprint density at radius 3 is 2.25 bits per heavy atom. The monoisotopic (exact) mass is 231 g/mol. The molecular formula is C13H13NOS. The molecule has 0 spiro atoms. The SMILES string of the molecule is Cc1cc(C)cc(C(=O)c2csc(C)n2)c1. The van der Waals surface area contributed by atoms with Gasteiger partial charge in [-0.15, -0.1) is 11.3 Å². The molecule has 0 aliphatic heterocycles. The van der Waals surface area contributed by atoms with Crippen LogP contribution in [-0.2, 0) is 0 Å².